The average molecular weight is 314 g/mol. The molecule has 1 amide bonds. The number of benzene rings is 2. The molecule has 0 aliphatic carbocycles. The predicted octanol–water partition coefficient (Wildman–Crippen LogP) is 3.77. The zero-order chi connectivity index (χ0) is 16.5. The Morgan fingerprint density at radius 2 is 1.96 bits per heavy atom. The minimum Gasteiger partial charge on any atom is -0.494 e. The summed E-state index contributed by atoms with van der Waals surface area (Å²) in [6.45, 7) is 2.81. The fraction of sp³-hybridized carbons (Fsp3) is 0.222. The van der Waals surface area contributed by atoms with E-state index in [1.165, 1.54) is 24.4 Å². The van der Waals surface area contributed by atoms with Crippen LogP contribution in [0.2, 0.25) is 0 Å². The maximum Gasteiger partial charge on any atom is 0.274 e. The van der Waals surface area contributed by atoms with E-state index in [9.17, 15) is 9.18 Å². The van der Waals surface area contributed by atoms with Crippen LogP contribution in [0.25, 0.3) is 0 Å². The maximum atomic E-state index is 13.4. The van der Waals surface area contributed by atoms with Gasteiger partial charge in [0.1, 0.15) is 11.6 Å². The second-order valence-corrected chi connectivity index (χ2v) is 4.95. The Bertz CT molecular complexity index is 669. The molecule has 0 bridgehead atoms. The zero-order valence-corrected chi connectivity index (χ0v) is 13.0. The molecule has 2 rings (SSSR count). The van der Waals surface area contributed by atoms with E-state index in [0.717, 1.165) is 24.2 Å². The van der Waals surface area contributed by atoms with Crippen molar-refractivity contribution in [2.75, 3.05) is 6.61 Å². The first kappa shape index (κ1) is 16.7. The van der Waals surface area contributed by atoms with Gasteiger partial charge >= 0.3 is 0 Å². The van der Waals surface area contributed by atoms with Gasteiger partial charge in [-0.2, -0.15) is 5.10 Å². The molecule has 0 aliphatic heterocycles. The fourth-order valence-electron chi connectivity index (χ4n) is 1.86. The first-order valence-corrected chi connectivity index (χ1v) is 7.51. The van der Waals surface area contributed by atoms with Gasteiger partial charge in [0.05, 0.1) is 18.4 Å². The highest BCUT2D eigenvalue weighted by Gasteiger charge is 2.08. The summed E-state index contributed by atoms with van der Waals surface area (Å²) in [4.78, 5) is 11.8. The Labute approximate surface area is 135 Å². The van der Waals surface area contributed by atoms with Crippen LogP contribution < -0.4 is 10.2 Å². The molecule has 1 N–H and O–H groups in total. The lowest BCUT2D eigenvalue weighted by molar-refractivity contribution is 0.0951. The summed E-state index contributed by atoms with van der Waals surface area (Å²) in [5.41, 5.74) is 3.07. The summed E-state index contributed by atoms with van der Waals surface area (Å²) in [5, 5.41) is 3.83. The molecule has 4 nitrogen and oxygen atoms in total. The number of hydrogen-bond donors (Lipinski definition) is 1. The van der Waals surface area contributed by atoms with Gasteiger partial charge in [-0.15, -0.1) is 0 Å². The molecule has 0 aliphatic rings. The van der Waals surface area contributed by atoms with Gasteiger partial charge in [-0.05, 0) is 48.4 Å². The number of carbonyl (C=O) groups is 1. The van der Waals surface area contributed by atoms with Gasteiger partial charge in [-0.1, -0.05) is 25.5 Å². The van der Waals surface area contributed by atoms with E-state index in [2.05, 4.69) is 17.5 Å². The molecule has 2 aromatic carbocycles. The van der Waals surface area contributed by atoms with Gasteiger partial charge in [0.15, 0.2) is 0 Å². The normalized spacial score (nSPS) is 10.7. The number of amides is 1. The average Bonchev–Trinajstić information content (AvgIpc) is 2.57. The number of unbranched alkanes of at least 4 members (excludes halogenated alkanes) is 1. The van der Waals surface area contributed by atoms with E-state index in [4.69, 9.17) is 4.74 Å². The molecule has 0 atom stereocenters. The van der Waals surface area contributed by atoms with Crippen molar-refractivity contribution in [2.45, 2.75) is 19.8 Å². The number of ether oxygens (including phenoxy) is 1. The molecule has 23 heavy (non-hydrogen) atoms. The second-order valence-electron chi connectivity index (χ2n) is 4.95. The fourth-order valence-corrected chi connectivity index (χ4v) is 1.86. The first-order chi connectivity index (χ1) is 11.2. The van der Waals surface area contributed by atoms with Crippen molar-refractivity contribution in [1.82, 2.24) is 5.43 Å². The van der Waals surface area contributed by atoms with Crippen molar-refractivity contribution in [3.63, 3.8) is 0 Å². The summed E-state index contributed by atoms with van der Waals surface area (Å²) in [7, 11) is 0. The SMILES string of the molecule is CCCCOc1ccc(/C=N/NC(=O)c2ccccc2F)cc1. The predicted molar refractivity (Wildman–Crippen MR) is 88.3 cm³/mol. The third-order valence-corrected chi connectivity index (χ3v) is 3.14. The highest BCUT2D eigenvalue weighted by atomic mass is 19.1. The molecule has 120 valence electrons. The van der Waals surface area contributed by atoms with E-state index >= 15 is 0 Å². The molecule has 0 aromatic heterocycles. The molecular weight excluding hydrogens is 295 g/mol. The van der Waals surface area contributed by atoms with Crippen LogP contribution in [-0.2, 0) is 0 Å². The lowest BCUT2D eigenvalue weighted by Crippen LogP contribution is -2.18. The van der Waals surface area contributed by atoms with E-state index in [-0.39, 0.29) is 5.56 Å². The van der Waals surface area contributed by atoms with Gasteiger partial charge in [0.25, 0.3) is 5.91 Å². The Balaban J connectivity index is 1.88. The second kappa shape index (κ2) is 8.68. The largest absolute Gasteiger partial charge is 0.494 e. The van der Waals surface area contributed by atoms with Crippen molar-refractivity contribution in [1.29, 1.82) is 0 Å². The van der Waals surface area contributed by atoms with E-state index in [1.807, 2.05) is 24.3 Å². The molecular formula is C18H19FN2O2. The number of halogens is 1. The molecule has 0 unspecified atom stereocenters. The lowest BCUT2D eigenvalue weighted by Gasteiger charge is -2.05. The van der Waals surface area contributed by atoms with Crippen LogP contribution in [0.15, 0.2) is 53.6 Å². The van der Waals surface area contributed by atoms with Crippen LogP contribution in [0, 0.1) is 5.82 Å². The van der Waals surface area contributed by atoms with Crippen molar-refractivity contribution in [2.24, 2.45) is 5.10 Å². The minimum absolute atomic E-state index is 0.0377. The Morgan fingerprint density at radius 1 is 1.22 bits per heavy atom. The van der Waals surface area contributed by atoms with Gasteiger partial charge in [0.2, 0.25) is 0 Å². The molecule has 0 spiro atoms. The van der Waals surface area contributed by atoms with Crippen molar-refractivity contribution in [3.05, 3.63) is 65.5 Å². The molecule has 0 saturated heterocycles. The molecule has 0 radical (unpaired) electrons. The third kappa shape index (κ3) is 5.21. The van der Waals surface area contributed by atoms with Crippen LogP contribution in [0.4, 0.5) is 4.39 Å². The lowest BCUT2D eigenvalue weighted by atomic mass is 10.2. The summed E-state index contributed by atoms with van der Waals surface area (Å²) in [6.07, 6.45) is 3.60. The summed E-state index contributed by atoms with van der Waals surface area (Å²) >= 11 is 0. The minimum atomic E-state index is -0.584. The van der Waals surface area contributed by atoms with Crippen molar-refractivity contribution in [3.8, 4) is 5.75 Å². The van der Waals surface area contributed by atoms with Gasteiger partial charge < -0.3 is 4.74 Å². The highest BCUT2D eigenvalue weighted by molar-refractivity contribution is 5.95. The van der Waals surface area contributed by atoms with Gasteiger partial charge in [-0.25, -0.2) is 9.82 Å². The highest BCUT2D eigenvalue weighted by Crippen LogP contribution is 2.11. The Kier molecular flexibility index (Phi) is 6.29. The number of nitrogens with zero attached hydrogens (tertiary/aromatic N) is 1. The number of hydrazone groups is 1. The molecule has 2 aromatic rings. The zero-order valence-electron chi connectivity index (χ0n) is 13.0. The molecule has 0 saturated carbocycles. The van der Waals surface area contributed by atoms with E-state index < -0.39 is 11.7 Å². The number of nitrogens with one attached hydrogen (secondary N) is 1. The number of hydrogen-bond acceptors (Lipinski definition) is 3. The van der Waals surface area contributed by atoms with Crippen molar-refractivity contribution < 1.29 is 13.9 Å². The Morgan fingerprint density at radius 3 is 2.65 bits per heavy atom. The van der Waals surface area contributed by atoms with Crippen LogP contribution in [0.3, 0.4) is 0 Å². The van der Waals surface area contributed by atoms with Crippen molar-refractivity contribution >= 4 is 12.1 Å². The van der Waals surface area contributed by atoms with Crippen LogP contribution in [0.1, 0.15) is 35.7 Å². The van der Waals surface area contributed by atoms with Crippen LogP contribution >= 0.6 is 0 Å². The third-order valence-electron chi connectivity index (χ3n) is 3.14. The first-order valence-electron chi connectivity index (χ1n) is 7.51. The summed E-state index contributed by atoms with van der Waals surface area (Å²) in [5.74, 6) is -0.362. The molecule has 5 heteroatoms. The summed E-state index contributed by atoms with van der Waals surface area (Å²) in [6, 6.07) is 13.1. The van der Waals surface area contributed by atoms with Gasteiger partial charge in [-0.3, -0.25) is 4.79 Å². The Hall–Kier alpha value is -2.69. The quantitative estimate of drug-likeness (QED) is 0.480. The number of carbonyl (C=O) groups excluding carboxylic acids is 1. The monoisotopic (exact) mass is 314 g/mol. The molecule has 0 heterocycles. The van der Waals surface area contributed by atoms with E-state index in [1.54, 1.807) is 6.07 Å². The van der Waals surface area contributed by atoms with E-state index in [0.29, 0.717) is 6.61 Å². The maximum absolute atomic E-state index is 13.4. The standard InChI is InChI=1S/C18H19FN2O2/c1-2-3-12-23-15-10-8-14(9-11-15)13-20-21-18(22)16-6-4-5-7-17(16)19/h4-11,13H,2-3,12H2,1H3,(H,21,22)/b20-13+. The molecule has 0 fully saturated rings. The van der Waals surface area contributed by atoms with Crippen LogP contribution in [0.5, 0.6) is 5.75 Å². The smallest absolute Gasteiger partial charge is 0.274 e. The number of rotatable bonds is 7. The van der Waals surface area contributed by atoms with Gasteiger partial charge in [0, 0.05) is 0 Å². The van der Waals surface area contributed by atoms with Crippen LogP contribution in [-0.4, -0.2) is 18.7 Å². The summed E-state index contributed by atoms with van der Waals surface area (Å²) < 4.78 is 19.0. The topological polar surface area (TPSA) is 50.7 Å².